The molecule has 0 bridgehead atoms. The van der Waals surface area contributed by atoms with Crippen molar-refractivity contribution >= 4 is 5.91 Å². The Morgan fingerprint density at radius 2 is 2.21 bits per heavy atom. The molecule has 2 unspecified atom stereocenters. The molecule has 1 amide bonds. The summed E-state index contributed by atoms with van der Waals surface area (Å²) in [7, 11) is 3.57. The standard InChI is InChI=1S/C10H21N3O/c1-8-4-5-13(6-9(8)11)7-10(14)12(2)3/h8-9H,4-7,11H2,1-3H3. The van der Waals surface area contributed by atoms with Gasteiger partial charge in [0, 0.05) is 26.7 Å². The van der Waals surface area contributed by atoms with Gasteiger partial charge in [-0.15, -0.1) is 0 Å². The van der Waals surface area contributed by atoms with Gasteiger partial charge in [-0.1, -0.05) is 6.92 Å². The van der Waals surface area contributed by atoms with Crippen molar-refractivity contribution in [2.45, 2.75) is 19.4 Å². The number of rotatable bonds is 2. The van der Waals surface area contributed by atoms with E-state index in [0.717, 1.165) is 19.5 Å². The first-order valence-corrected chi connectivity index (χ1v) is 5.18. The first kappa shape index (κ1) is 11.5. The zero-order valence-electron chi connectivity index (χ0n) is 9.36. The molecule has 0 aromatic rings. The van der Waals surface area contributed by atoms with E-state index in [9.17, 15) is 4.79 Å². The Morgan fingerprint density at radius 3 is 2.71 bits per heavy atom. The normalized spacial score (nSPS) is 28.9. The van der Waals surface area contributed by atoms with Crippen molar-refractivity contribution in [1.29, 1.82) is 0 Å². The summed E-state index contributed by atoms with van der Waals surface area (Å²) in [4.78, 5) is 15.2. The van der Waals surface area contributed by atoms with Crippen LogP contribution in [-0.2, 0) is 4.79 Å². The molecule has 0 aromatic heterocycles. The SMILES string of the molecule is CC1CCN(CC(=O)N(C)C)CC1N. The molecule has 4 heteroatoms. The van der Waals surface area contributed by atoms with Gasteiger partial charge in [0.2, 0.25) is 5.91 Å². The van der Waals surface area contributed by atoms with Crippen molar-refractivity contribution in [2.24, 2.45) is 11.7 Å². The lowest BCUT2D eigenvalue weighted by molar-refractivity contribution is -0.130. The summed E-state index contributed by atoms with van der Waals surface area (Å²) >= 11 is 0. The maximum Gasteiger partial charge on any atom is 0.236 e. The van der Waals surface area contributed by atoms with Gasteiger partial charge in [-0.25, -0.2) is 0 Å². The third-order valence-electron chi connectivity index (χ3n) is 2.96. The van der Waals surface area contributed by atoms with Gasteiger partial charge in [0.25, 0.3) is 0 Å². The number of likely N-dealkylation sites (N-methyl/N-ethyl adjacent to an activating group) is 1. The number of nitrogens with zero attached hydrogens (tertiary/aromatic N) is 2. The molecule has 0 aliphatic carbocycles. The van der Waals surface area contributed by atoms with Crippen LogP contribution in [0.4, 0.5) is 0 Å². The molecule has 14 heavy (non-hydrogen) atoms. The summed E-state index contributed by atoms with van der Waals surface area (Å²) in [5.74, 6) is 0.743. The van der Waals surface area contributed by atoms with Crippen LogP contribution in [0.5, 0.6) is 0 Å². The summed E-state index contributed by atoms with van der Waals surface area (Å²) in [6.45, 7) is 4.53. The maximum atomic E-state index is 11.4. The van der Waals surface area contributed by atoms with Crippen LogP contribution >= 0.6 is 0 Å². The van der Waals surface area contributed by atoms with Crippen molar-refractivity contribution in [2.75, 3.05) is 33.7 Å². The van der Waals surface area contributed by atoms with Gasteiger partial charge in [-0.2, -0.15) is 0 Å². The lowest BCUT2D eigenvalue weighted by atomic mass is 9.94. The highest BCUT2D eigenvalue weighted by Crippen LogP contribution is 2.14. The van der Waals surface area contributed by atoms with E-state index in [2.05, 4.69) is 11.8 Å². The van der Waals surface area contributed by atoms with E-state index >= 15 is 0 Å². The summed E-state index contributed by atoms with van der Waals surface area (Å²) in [5, 5.41) is 0. The zero-order valence-corrected chi connectivity index (χ0v) is 9.36. The van der Waals surface area contributed by atoms with Gasteiger partial charge in [-0.3, -0.25) is 9.69 Å². The van der Waals surface area contributed by atoms with Crippen molar-refractivity contribution in [3.05, 3.63) is 0 Å². The smallest absolute Gasteiger partial charge is 0.236 e. The molecule has 1 aliphatic heterocycles. The van der Waals surface area contributed by atoms with E-state index in [1.807, 2.05) is 0 Å². The molecule has 1 aliphatic rings. The Balaban J connectivity index is 2.37. The molecule has 1 heterocycles. The van der Waals surface area contributed by atoms with Gasteiger partial charge in [-0.05, 0) is 18.9 Å². The van der Waals surface area contributed by atoms with E-state index < -0.39 is 0 Å². The van der Waals surface area contributed by atoms with E-state index in [1.165, 1.54) is 0 Å². The van der Waals surface area contributed by atoms with Crippen LogP contribution in [0.3, 0.4) is 0 Å². The molecule has 1 fully saturated rings. The number of nitrogens with two attached hydrogens (primary N) is 1. The molecule has 2 atom stereocenters. The Morgan fingerprint density at radius 1 is 1.57 bits per heavy atom. The Kier molecular flexibility index (Phi) is 3.89. The second-order valence-corrected chi connectivity index (χ2v) is 4.45. The monoisotopic (exact) mass is 199 g/mol. The third-order valence-corrected chi connectivity index (χ3v) is 2.96. The Hall–Kier alpha value is -0.610. The quantitative estimate of drug-likeness (QED) is 0.667. The highest BCUT2D eigenvalue weighted by Gasteiger charge is 2.24. The predicted octanol–water partition coefficient (Wildman–Crippen LogP) is -0.256. The molecule has 0 aromatic carbocycles. The number of amides is 1. The van der Waals surface area contributed by atoms with Crippen LogP contribution in [0.15, 0.2) is 0 Å². The molecule has 0 saturated carbocycles. The molecule has 82 valence electrons. The minimum atomic E-state index is 0.159. The van der Waals surface area contributed by atoms with Crippen LogP contribution < -0.4 is 5.73 Å². The largest absolute Gasteiger partial charge is 0.348 e. The van der Waals surface area contributed by atoms with Gasteiger partial charge in [0.15, 0.2) is 0 Å². The Labute approximate surface area is 86.0 Å². The van der Waals surface area contributed by atoms with Crippen LogP contribution in [0, 0.1) is 5.92 Å². The number of carbonyl (C=O) groups excluding carboxylic acids is 1. The number of piperidine rings is 1. The van der Waals surface area contributed by atoms with Crippen molar-refractivity contribution in [1.82, 2.24) is 9.80 Å². The summed E-state index contributed by atoms with van der Waals surface area (Å²) < 4.78 is 0. The average Bonchev–Trinajstić information content (AvgIpc) is 2.11. The molecule has 2 N–H and O–H groups in total. The van der Waals surface area contributed by atoms with E-state index in [-0.39, 0.29) is 11.9 Å². The first-order chi connectivity index (χ1) is 6.50. The van der Waals surface area contributed by atoms with Gasteiger partial charge in [0.05, 0.1) is 6.54 Å². The van der Waals surface area contributed by atoms with Gasteiger partial charge in [0.1, 0.15) is 0 Å². The number of hydrogen-bond acceptors (Lipinski definition) is 3. The second-order valence-electron chi connectivity index (χ2n) is 4.45. The third kappa shape index (κ3) is 2.96. The summed E-state index contributed by atoms with van der Waals surface area (Å²) in [6.07, 6.45) is 1.10. The van der Waals surface area contributed by atoms with E-state index in [0.29, 0.717) is 12.5 Å². The van der Waals surface area contributed by atoms with E-state index in [1.54, 1.807) is 19.0 Å². The minimum absolute atomic E-state index is 0.159. The van der Waals surface area contributed by atoms with Crippen molar-refractivity contribution in [3.8, 4) is 0 Å². The van der Waals surface area contributed by atoms with Crippen LogP contribution in [0.25, 0.3) is 0 Å². The highest BCUT2D eigenvalue weighted by molar-refractivity contribution is 5.77. The summed E-state index contributed by atoms with van der Waals surface area (Å²) in [5.41, 5.74) is 5.95. The van der Waals surface area contributed by atoms with Gasteiger partial charge >= 0.3 is 0 Å². The number of likely N-dealkylation sites (tertiary alicyclic amines) is 1. The predicted molar refractivity (Wildman–Crippen MR) is 56.9 cm³/mol. The van der Waals surface area contributed by atoms with Crippen molar-refractivity contribution in [3.63, 3.8) is 0 Å². The van der Waals surface area contributed by atoms with Crippen LogP contribution in [-0.4, -0.2) is 55.5 Å². The fraction of sp³-hybridized carbons (Fsp3) is 0.900. The average molecular weight is 199 g/mol. The molecule has 0 radical (unpaired) electrons. The fourth-order valence-corrected chi connectivity index (χ4v) is 1.65. The minimum Gasteiger partial charge on any atom is -0.348 e. The first-order valence-electron chi connectivity index (χ1n) is 5.18. The molecular weight excluding hydrogens is 178 g/mol. The second kappa shape index (κ2) is 4.75. The molecule has 0 spiro atoms. The molecule has 1 rings (SSSR count). The lowest BCUT2D eigenvalue weighted by Crippen LogP contribution is -2.50. The topological polar surface area (TPSA) is 49.6 Å². The lowest BCUT2D eigenvalue weighted by Gasteiger charge is -2.34. The molecular formula is C10H21N3O. The maximum absolute atomic E-state index is 11.4. The molecule has 4 nitrogen and oxygen atoms in total. The number of carbonyl (C=O) groups is 1. The fourth-order valence-electron chi connectivity index (χ4n) is 1.65. The number of hydrogen-bond donors (Lipinski definition) is 1. The molecule has 1 saturated heterocycles. The highest BCUT2D eigenvalue weighted by atomic mass is 16.2. The van der Waals surface area contributed by atoms with Crippen molar-refractivity contribution < 1.29 is 4.79 Å². The summed E-state index contributed by atoms with van der Waals surface area (Å²) in [6, 6.07) is 0.221. The zero-order chi connectivity index (χ0) is 10.7. The van der Waals surface area contributed by atoms with Crippen LogP contribution in [0.2, 0.25) is 0 Å². The Bertz CT molecular complexity index is 206. The van der Waals surface area contributed by atoms with E-state index in [4.69, 9.17) is 5.73 Å². The van der Waals surface area contributed by atoms with Crippen LogP contribution in [0.1, 0.15) is 13.3 Å². The van der Waals surface area contributed by atoms with Gasteiger partial charge < -0.3 is 10.6 Å².